The van der Waals surface area contributed by atoms with Crippen LogP contribution in [-0.4, -0.2) is 25.8 Å². The average molecular weight is 304 g/mol. The summed E-state index contributed by atoms with van der Waals surface area (Å²) in [6, 6.07) is 10.0. The van der Waals surface area contributed by atoms with Crippen LogP contribution in [0.1, 0.15) is 28.0 Å². The minimum atomic E-state index is 0.0690. The molecule has 1 aliphatic rings. The van der Waals surface area contributed by atoms with Crippen molar-refractivity contribution >= 4 is 11.9 Å². The molecule has 3 aromatic rings. The third-order valence-corrected chi connectivity index (χ3v) is 4.29. The molecule has 1 N–H and O–H groups in total. The lowest BCUT2D eigenvalue weighted by Crippen LogP contribution is -2.15. The van der Waals surface area contributed by atoms with Crippen molar-refractivity contribution in [3.8, 4) is 11.3 Å². The lowest BCUT2D eigenvalue weighted by molar-refractivity contribution is 0.102. The highest BCUT2D eigenvalue weighted by Crippen LogP contribution is 2.28. The average Bonchev–Trinajstić information content (AvgIpc) is 3.18. The number of hydrogen-bond donors (Lipinski definition) is 1. The number of aryl methyl sites for hydroxylation is 1. The van der Waals surface area contributed by atoms with E-state index in [1.165, 1.54) is 0 Å². The van der Waals surface area contributed by atoms with Gasteiger partial charge in [0.2, 0.25) is 0 Å². The molecule has 0 saturated heterocycles. The standard InChI is InChI=1S/C18H16N4O/c1-22-16-8-7-13(18(23)15(16)11-20-22)9-14-10-19-21-17(14)12-5-3-2-4-6-12/h2-6,9-11H,7-8H2,1H3,(H,19,21)/b13-9+. The maximum Gasteiger partial charge on any atom is 0.192 e. The van der Waals surface area contributed by atoms with Gasteiger partial charge >= 0.3 is 0 Å². The van der Waals surface area contributed by atoms with Crippen LogP contribution < -0.4 is 0 Å². The first-order valence-corrected chi connectivity index (χ1v) is 7.59. The van der Waals surface area contributed by atoms with Crippen molar-refractivity contribution in [1.29, 1.82) is 0 Å². The lowest BCUT2D eigenvalue weighted by atomic mass is 9.90. The van der Waals surface area contributed by atoms with E-state index in [1.54, 1.807) is 17.1 Å². The molecule has 5 nitrogen and oxygen atoms in total. The van der Waals surface area contributed by atoms with Gasteiger partial charge in [0.25, 0.3) is 0 Å². The third kappa shape index (κ3) is 2.30. The first-order valence-electron chi connectivity index (χ1n) is 7.59. The van der Waals surface area contributed by atoms with Crippen LogP contribution in [0.25, 0.3) is 17.3 Å². The predicted octanol–water partition coefficient (Wildman–Crippen LogP) is 3.02. The summed E-state index contributed by atoms with van der Waals surface area (Å²) in [6.45, 7) is 0. The van der Waals surface area contributed by atoms with Crippen LogP contribution in [0, 0.1) is 0 Å². The van der Waals surface area contributed by atoms with Crippen LogP contribution in [0.4, 0.5) is 0 Å². The van der Waals surface area contributed by atoms with Crippen molar-refractivity contribution in [1.82, 2.24) is 20.0 Å². The van der Waals surface area contributed by atoms with E-state index < -0.39 is 0 Å². The number of benzene rings is 1. The van der Waals surface area contributed by atoms with Gasteiger partial charge in [-0.1, -0.05) is 30.3 Å². The zero-order valence-corrected chi connectivity index (χ0v) is 12.8. The number of ketones is 1. The number of fused-ring (bicyclic) bond motifs is 1. The fourth-order valence-corrected chi connectivity index (χ4v) is 3.05. The van der Waals surface area contributed by atoms with Gasteiger partial charge < -0.3 is 0 Å². The topological polar surface area (TPSA) is 63.6 Å². The van der Waals surface area contributed by atoms with Crippen molar-refractivity contribution in [3.05, 3.63) is 65.1 Å². The summed E-state index contributed by atoms with van der Waals surface area (Å²) in [5, 5.41) is 11.4. The Morgan fingerprint density at radius 3 is 2.83 bits per heavy atom. The molecule has 114 valence electrons. The molecule has 0 amide bonds. The fourth-order valence-electron chi connectivity index (χ4n) is 3.05. The summed E-state index contributed by atoms with van der Waals surface area (Å²) in [7, 11) is 1.88. The largest absolute Gasteiger partial charge is 0.289 e. The summed E-state index contributed by atoms with van der Waals surface area (Å²) < 4.78 is 1.79. The molecular weight excluding hydrogens is 288 g/mol. The molecule has 2 aromatic heterocycles. The Hall–Kier alpha value is -2.95. The van der Waals surface area contributed by atoms with Gasteiger partial charge in [-0.3, -0.25) is 14.6 Å². The van der Waals surface area contributed by atoms with Crippen molar-refractivity contribution in [3.63, 3.8) is 0 Å². The summed E-state index contributed by atoms with van der Waals surface area (Å²) in [5.41, 5.74) is 5.47. The molecule has 23 heavy (non-hydrogen) atoms. The van der Waals surface area contributed by atoms with E-state index in [0.29, 0.717) is 0 Å². The minimum Gasteiger partial charge on any atom is -0.289 e. The van der Waals surface area contributed by atoms with E-state index in [9.17, 15) is 4.79 Å². The molecule has 5 heteroatoms. The molecule has 0 spiro atoms. The van der Waals surface area contributed by atoms with Crippen molar-refractivity contribution in [2.45, 2.75) is 12.8 Å². The van der Waals surface area contributed by atoms with Gasteiger partial charge in [0, 0.05) is 29.4 Å². The number of aromatic nitrogens is 4. The Labute approximate surface area is 133 Å². The lowest BCUT2D eigenvalue weighted by Gasteiger charge is -2.14. The number of allylic oxidation sites excluding steroid dienone is 1. The Kier molecular flexibility index (Phi) is 3.19. The maximum absolute atomic E-state index is 12.7. The molecule has 0 atom stereocenters. The Morgan fingerprint density at radius 1 is 1.17 bits per heavy atom. The number of Topliss-reactive ketones (excluding diaryl/α,β-unsaturated/α-hetero) is 1. The number of rotatable bonds is 2. The molecule has 0 unspecified atom stereocenters. The predicted molar refractivity (Wildman–Crippen MR) is 87.9 cm³/mol. The Bertz CT molecular complexity index is 902. The first kappa shape index (κ1) is 13.7. The van der Waals surface area contributed by atoms with Crippen molar-refractivity contribution in [2.75, 3.05) is 0 Å². The number of carbonyl (C=O) groups is 1. The van der Waals surface area contributed by atoms with Crippen LogP contribution in [0.15, 0.2) is 48.3 Å². The normalized spacial score (nSPS) is 15.9. The summed E-state index contributed by atoms with van der Waals surface area (Å²) in [4.78, 5) is 12.7. The van der Waals surface area contributed by atoms with Crippen molar-refractivity contribution < 1.29 is 4.79 Å². The van der Waals surface area contributed by atoms with E-state index in [0.717, 1.165) is 46.5 Å². The second-order valence-electron chi connectivity index (χ2n) is 5.69. The molecule has 1 aromatic carbocycles. The van der Waals surface area contributed by atoms with Crippen LogP contribution in [0.2, 0.25) is 0 Å². The highest BCUT2D eigenvalue weighted by molar-refractivity contribution is 6.13. The van der Waals surface area contributed by atoms with E-state index >= 15 is 0 Å². The summed E-state index contributed by atoms with van der Waals surface area (Å²) in [5.74, 6) is 0.0690. The van der Waals surface area contributed by atoms with Gasteiger partial charge in [0.05, 0.1) is 23.7 Å². The summed E-state index contributed by atoms with van der Waals surface area (Å²) >= 11 is 0. The smallest absolute Gasteiger partial charge is 0.192 e. The van der Waals surface area contributed by atoms with Crippen molar-refractivity contribution in [2.24, 2.45) is 7.05 Å². The second-order valence-corrected chi connectivity index (χ2v) is 5.69. The maximum atomic E-state index is 12.7. The molecule has 0 saturated carbocycles. The summed E-state index contributed by atoms with van der Waals surface area (Å²) in [6.07, 6.45) is 6.94. The molecule has 0 fully saturated rings. The third-order valence-electron chi connectivity index (χ3n) is 4.29. The zero-order chi connectivity index (χ0) is 15.8. The van der Waals surface area contributed by atoms with E-state index in [1.807, 2.05) is 43.5 Å². The van der Waals surface area contributed by atoms with Gasteiger partial charge in [0.1, 0.15) is 0 Å². The van der Waals surface area contributed by atoms with E-state index in [4.69, 9.17) is 0 Å². The molecule has 1 aliphatic carbocycles. The number of hydrogen-bond acceptors (Lipinski definition) is 3. The number of nitrogens with one attached hydrogen (secondary N) is 1. The first-order chi connectivity index (χ1) is 11.2. The molecule has 0 aliphatic heterocycles. The Balaban J connectivity index is 1.73. The molecule has 2 heterocycles. The SMILES string of the molecule is Cn1ncc2c1CC/C(=C\c1cn[nH]c1-c1ccccc1)C2=O. The van der Waals surface area contributed by atoms with Gasteiger partial charge in [-0.2, -0.15) is 10.2 Å². The quantitative estimate of drug-likeness (QED) is 0.740. The molecular formula is C18H16N4O. The van der Waals surface area contributed by atoms with Gasteiger partial charge in [-0.15, -0.1) is 0 Å². The molecule has 4 rings (SSSR count). The highest BCUT2D eigenvalue weighted by atomic mass is 16.1. The van der Waals surface area contributed by atoms with E-state index in [2.05, 4.69) is 15.3 Å². The number of aromatic amines is 1. The van der Waals surface area contributed by atoms with Gasteiger partial charge in [-0.05, 0) is 18.9 Å². The number of nitrogens with zero attached hydrogens (tertiary/aromatic N) is 3. The highest BCUT2D eigenvalue weighted by Gasteiger charge is 2.25. The number of H-pyrrole nitrogens is 1. The molecule has 0 radical (unpaired) electrons. The van der Waals surface area contributed by atoms with Gasteiger partial charge in [0.15, 0.2) is 5.78 Å². The van der Waals surface area contributed by atoms with Crippen LogP contribution >= 0.6 is 0 Å². The Morgan fingerprint density at radius 2 is 2.00 bits per heavy atom. The minimum absolute atomic E-state index is 0.0690. The van der Waals surface area contributed by atoms with Crippen LogP contribution in [0.5, 0.6) is 0 Å². The fraction of sp³-hybridized carbons (Fsp3) is 0.167. The van der Waals surface area contributed by atoms with Crippen LogP contribution in [-0.2, 0) is 13.5 Å². The monoisotopic (exact) mass is 304 g/mol. The van der Waals surface area contributed by atoms with E-state index in [-0.39, 0.29) is 5.78 Å². The zero-order valence-electron chi connectivity index (χ0n) is 12.8. The number of carbonyl (C=O) groups excluding carboxylic acids is 1. The molecule has 0 bridgehead atoms. The van der Waals surface area contributed by atoms with Crippen LogP contribution in [0.3, 0.4) is 0 Å². The second kappa shape index (κ2) is 5.35. The van der Waals surface area contributed by atoms with Gasteiger partial charge in [-0.25, -0.2) is 0 Å².